The largest absolute Gasteiger partial charge is 0.307 e. The zero-order valence-corrected chi connectivity index (χ0v) is 15.1. The van der Waals surface area contributed by atoms with Crippen LogP contribution < -0.4 is 5.32 Å². The molecule has 0 unspecified atom stereocenters. The molecule has 1 aromatic rings. The molecule has 4 bridgehead atoms. The molecule has 1 N–H and O–H groups in total. The Labute approximate surface area is 147 Å². The normalized spacial score (nSPS) is 38.6. The maximum atomic E-state index is 4.04. The van der Waals surface area contributed by atoms with Crippen LogP contribution in [0.3, 0.4) is 0 Å². The second-order valence-corrected chi connectivity index (χ2v) is 9.63. The molecule has 1 aromatic carbocycles. The fourth-order valence-corrected chi connectivity index (χ4v) is 6.96. The lowest BCUT2D eigenvalue weighted by atomic mass is 9.53. The van der Waals surface area contributed by atoms with Crippen molar-refractivity contribution in [2.24, 2.45) is 17.8 Å². The highest BCUT2D eigenvalue weighted by Gasteiger charge is 2.50. The third kappa shape index (κ3) is 2.94. The van der Waals surface area contributed by atoms with Crippen LogP contribution >= 0.6 is 0 Å². The summed E-state index contributed by atoms with van der Waals surface area (Å²) in [5, 5.41) is 4.04. The highest BCUT2D eigenvalue weighted by molar-refractivity contribution is 5.26. The van der Waals surface area contributed by atoms with E-state index in [1.807, 2.05) is 0 Å². The summed E-state index contributed by atoms with van der Waals surface area (Å²) in [6.45, 7) is 1.08. The van der Waals surface area contributed by atoms with Crippen molar-refractivity contribution in [2.45, 2.75) is 88.6 Å². The number of hydrogen-bond donors (Lipinski definition) is 1. The number of benzene rings is 1. The zero-order chi connectivity index (χ0) is 16.0. The van der Waals surface area contributed by atoms with Gasteiger partial charge in [0.2, 0.25) is 0 Å². The average Bonchev–Trinajstić information content (AvgIpc) is 2.60. The minimum absolute atomic E-state index is 0.497. The number of nitrogens with one attached hydrogen (secondary N) is 1. The predicted molar refractivity (Wildman–Crippen MR) is 100 cm³/mol. The standard InChI is InChI=1S/C23H33N/c1-2-4-21(5-3-1)22-8-6-17(7-9-22)16-24-23-13-18-10-19(14-23)12-20(11-18)15-23/h6-9,18-21,24H,1-5,10-16H2. The van der Waals surface area contributed by atoms with E-state index in [1.54, 1.807) is 5.56 Å². The van der Waals surface area contributed by atoms with E-state index < -0.39 is 0 Å². The van der Waals surface area contributed by atoms with Crippen molar-refractivity contribution in [2.75, 3.05) is 0 Å². The quantitative estimate of drug-likeness (QED) is 0.739. The van der Waals surface area contributed by atoms with Crippen LogP contribution in [0, 0.1) is 17.8 Å². The molecular weight excluding hydrogens is 290 g/mol. The summed E-state index contributed by atoms with van der Waals surface area (Å²) in [5.41, 5.74) is 3.58. The van der Waals surface area contributed by atoms with E-state index in [0.29, 0.717) is 5.54 Å². The third-order valence-corrected chi connectivity index (χ3v) is 7.76. The lowest BCUT2D eigenvalue weighted by Gasteiger charge is -2.57. The molecule has 1 heteroatoms. The minimum Gasteiger partial charge on any atom is -0.307 e. The zero-order valence-electron chi connectivity index (χ0n) is 15.1. The maximum absolute atomic E-state index is 4.04. The molecule has 0 spiro atoms. The predicted octanol–water partition coefficient (Wildman–Crippen LogP) is 5.79. The molecule has 0 atom stereocenters. The van der Waals surface area contributed by atoms with Crippen molar-refractivity contribution in [3.05, 3.63) is 35.4 Å². The van der Waals surface area contributed by atoms with Crippen molar-refractivity contribution in [1.29, 1.82) is 0 Å². The van der Waals surface area contributed by atoms with Crippen LogP contribution in [0.2, 0.25) is 0 Å². The Morgan fingerprint density at radius 3 is 1.96 bits per heavy atom. The lowest BCUT2D eigenvalue weighted by molar-refractivity contribution is -0.0206. The Kier molecular flexibility index (Phi) is 3.96. The van der Waals surface area contributed by atoms with Gasteiger partial charge in [-0.25, -0.2) is 0 Å². The Balaban J connectivity index is 1.22. The van der Waals surface area contributed by atoms with Gasteiger partial charge in [0.15, 0.2) is 0 Å². The fraction of sp³-hybridized carbons (Fsp3) is 0.739. The fourth-order valence-electron chi connectivity index (χ4n) is 6.96. The number of rotatable bonds is 4. The Morgan fingerprint density at radius 1 is 0.792 bits per heavy atom. The van der Waals surface area contributed by atoms with Gasteiger partial charge in [-0.15, -0.1) is 0 Å². The van der Waals surface area contributed by atoms with Crippen molar-refractivity contribution >= 4 is 0 Å². The smallest absolute Gasteiger partial charge is 0.0210 e. The van der Waals surface area contributed by atoms with Crippen LogP contribution in [0.5, 0.6) is 0 Å². The van der Waals surface area contributed by atoms with E-state index in [-0.39, 0.29) is 0 Å². The highest BCUT2D eigenvalue weighted by atomic mass is 15.0. The second kappa shape index (κ2) is 6.16. The van der Waals surface area contributed by atoms with Gasteiger partial charge >= 0.3 is 0 Å². The first-order valence-corrected chi connectivity index (χ1v) is 10.6. The summed E-state index contributed by atoms with van der Waals surface area (Å²) >= 11 is 0. The van der Waals surface area contributed by atoms with E-state index in [4.69, 9.17) is 0 Å². The molecule has 5 saturated carbocycles. The van der Waals surface area contributed by atoms with E-state index in [1.165, 1.54) is 76.2 Å². The molecule has 6 rings (SSSR count). The molecule has 5 fully saturated rings. The van der Waals surface area contributed by atoms with E-state index in [2.05, 4.69) is 29.6 Å². The molecule has 0 amide bonds. The van der Waals surface area contributed by atoms with E-state index in [9.17, 15) is 0 Å². The van der Waals surface area contributed by atoms with Gasteiger partial charge in [0.05, 0.1) is 0 Å². The maximum Gasteiger partial charge on any atom is 0.0210 e. The first-order valence-electron chi connectivity index (χ1n) is 10.6. The molecule has 1 nitrogen and oxygen atoms in total. The molecule has 130 valence electrons. The molecule has 24 heavy (non-hydrogen) atoms. The first-order chi connectivity index (χ1) is 11.8. The van der Waals surface area contributed by atoms with Gasteiger partial charge in [0.25, 0.3) is 0 Å². The van der Waals surface area contributed by atoms with Gasteiger partial charge < -0.3 is 5.32 Å². The summed E-state index contributed by atoms with van der Waals surface area (Å²) in [6.07, 6.45) is 16.1. The molecule has 5 aliphatic rings. The van der Waals surface area contributed by atoms with Crippen molar-refractivity contribution in [3.8, 4) is 0 Å². The monoisotopic (exact) mass is 323 g/mol. The van der Waals surface area contributed by atoms with Crippen molar-refractivity contribution in [3.63, 3.8) is 0 Å². The minimum atomic E-state index is 0.497. The Bertz CT molecular complexity index is 531. The van der Waals surface area contributed by atoms with Crippen LogP contribution in [-0.4, -0.2) is 5.54 Å². The number of hydrogen-bond acceptors (Lipinski definition) is 1. The van der Waals surface area contributed by atoms with Crippen LogP contribution in [0.15, 0.2) is 24.3 Å². The van der Waals surface area contributed by atoms with Crippen molar-refractivity contribution in [1.82, 2.24) is 5.32 Å². The molecule has 0 saturated heterocycles. The summed E-state index contributed by atoms with van der Waals surface area (Å²) in [5.74, 6) is 3.95. The Morgan fingerprint density at radius 2 is 1.38 bits per heavy atom. The van der Waals surface area contributed by atoms with Crippen LogP contribution in [0.25, 0.3) is 0 Å². The van der Waals surface area contributed by atoms with Crippen molar-refractivity contribution < 1.29 is 0 Å². The average molecular weight is 324 g/mol. The molecule has 5 aliphatic carbocycles. The SMILES string of the molecule is c1cc(C2CCCCC2)ccc1CNC12CC3CC(CC(C3)C1)C2. The molecule has 0 heterocycles. The summed E-state index contributed by atoms with van der Waals surface area (Å²) in [4.78, 5) is 0. The topological polar surface area (TPSA) is 12.0 Å². The second-order valence-electron chi connectivity index (χ2n) is 9.63. The molecule has 0 aliphatic heterocycles. The van der Waals surface area contributed by atoms with E-state index >= 15 is 0 Å². The van der Waals surface area contributed by atoms with Crippen LogP contribution in [0.1, 0.15) is 87.7 Å². The summed E-state index contributed by atoms with van der Waals surface area (Å²) in [6, 6.07) is 9.65. The summed E-state index contributed by atoms with van der Waals surface area (Å²) in [7, 11) is 0. The molecular formula is C23H33N. The van der Waals surface area contributed by atoms with Crippen LogP contribution in [-0.2, 0) is 6.54 Å². The molecule has 0 aromatic heterocycles. The summed E-state index contributed by atoms with van der Waals surface area (Å²) < 4.78 is 0. The molecule has 0 radical (unpaired) electrons. The van der Waals surface area contributed by atoms with E-state index in [0.717, 1.165) is 30.2 Å². The third-order valence-electron chi connectivity index (χ3n) is 7.76. The first kappa shape index (κ1) is 15.4. The Hall–Kier alpha value is -0.820. The highest BCUT2D eigenvalue weighted by Crippen LogP contribution is 2.55. The van der Waals surface area contributed by atoms with Gasteiger partial charge in [-0.3, -0.25) is 0 Å². The van der Waals surface area contributed by atoms with Gasteiger partial charge in [-0.2, -0.15) is 0 Å². The lowest BCUT2D eigenvalue weighted by Crippen LogP contribution is -2.58. The van der Waals surface area contributed by atoms with Crippen LogP contribution in [0.4, 0.5) is 0 Å². The van der Waals surface area contributed by atoms with Gasteiger partial charge in [-0.05, 0) is 86.2 Å². The van der Waals surface area contributed by atoms with Gasteiger partial charge in [0, 0.05) is 12.1 Å². The van der Waals surface area contributed by atoms with Gasteiger partial charge in [-0.1, -0.05) is 43.5 Å². The van der Waals surface area contributed by atoms with Gasteiger partial charge in [0.1, 0.15) is 0 Å².